The topological polar surface area (TPSA) is 91.1 Å². The zero-order valence-corrected chi connectivity index (χ0v) is 12.7. The third-order valence-electron chi connectivity index (χ3n) is 4.03. The van der Waals surface area contributed by atoms with Crippen molar-refractivity contribution >= 4 is 17.1 Å². The van der Waals surface area contributed by atoms with Gasteiger partial charge in [0.25, 0.3) is 16.4 Å². The summed E-state index contributed by atoms with van der Waals surface area (Å²) in [6.45, 7) is 4.26. The van der Waals surface area contributed by atoms with Crippen molar-refractivity contribution in [3.8, 4) is 0 Å². The maximum absolute atomic E-state index is 11.8. The molecule has 0 atom stereocenters. The van der Waals surface area contributed by atoms with Crippen LogP contribution in [0.25, 0.3) is 0 Å². The summed E-state index contributed by atoms with van der Waals surface area (Å²) in [6, 6.07) is 3.23. The molecule has 3 N–H and O–H groups in total. The minimum atomic E-state index is -0.578. The van der Waals surface area contributed by atoms with Crippen LogP contribution in [-0.4, -0.2) is 10.5 Å². The van der Waals surface area contributed by atoms with Crippen LogP contribution < -0.4 is 27.1 Å². The van der Waals surface area contributed by atoms with Crippen molar-refractivity contribution in [3.05, 3.63) is 49.1 Å². The van der Waals surface area contributed by atoms with Gasteiger partial charge in [-0.15, -0.1) is 0 Å². The molecule has 116 valence electrons. The zero-order chi connectivity index (χ0) is 15.9. The lowest BCUT2D eigenvalue weighted by Crippen LogP contribution is -2.40. The van der Waals surface area contributed by atoms with E-state index in [9.17, 15) is 14.4 Å². The van der Waals surface area contributed by atoms with Gasteiger partial charge in [-0.2, -0.15) is 0 Å². The fraction of sp³-hybridized carbons (Fsp3) is 0.438. The fourth-order valence-electron chi connectivity index (χ4n) is 2.86. The summed E-state index contributed by atoms with van der Waals surface area (Å²) in [5, 5.41) is 6.02. The Morgan fingerprint density at radius 3 is 2.45 bits per heavy atom. The molecule has 1 fully saturated rings. The first kappa shape index (κ1) is 14.6. The van der Waals surface area contributed by atoms with Crippen molar-refractivity contribution in [3.63, 3.8) is 0 Å². The van der Waals surface area contributed by atoms with Gasteiger partial charge in [0.05, 0.1) is 0 Å². The maximum Gasteiger partial charge on any atom is 0.271 e. The van der Waals surface area contributed by atoms with Gasteiger partial charge < -0.3 is 15.6 Å². The van der Waals surface area contributed by atoms with E-state index in [-0.39, 0.29) is 22.5 Å². The van der Waals surface area contributed by atoms with Crippen LogP contribution in [-0.2, 0) is 0 Å². The van der Waals surface area contributed by atoms with E-state index in [0.29, 0.717) is 11.6 Å². The molecule has 0 bridgehead atoms. The SMILES string of the molecule is CC(C)CC1(Nc2c(Nc3ccc[nH]c3=O)c(=O)c2=O)CC1. The summed E-state index contributed by atoms with van der Waals surface area (Å²) in [4.78, 5) is 37.8. The van der Waals surface area contributed by atoms with Gasteiger partial charge in [-0.25, -0.2) is 0 Å². The number of nitrogens with one attached hydrogen (secondary N) is 3. The quantitative estimate of drug-likeness (QED) is 0.707. The Labute approximate surface area is 127 Å². The van der Waals surface area contributed by atoms with Gasteiger partial charge in [0.15, 0.2) is 0 Å². The minimum Gasteiger partial charge on any atom is -0.374 e. The molecule has 3 rings (SSSR count). The second-order valence-corrected chi connectivity index (χ2v) is 6.45. The van der Waals surface area contributed by atoms with Gasteiger partial charge in [-0.1, -0.05) is 13.8 Å². The number of H-pyrrole nitrogens is 1. The van der Waals surface area contributed by atoms with Crippen LogP contribution in [0, 0.1) is 5.92 Å². The van der Waals surface area contributed by atoms with Crippen LogP contribution in [0.5, 0.6) is 0 Å². The summed E-state index contributed by atoms with van der Waals surface area (Å²) in [5.74, 6) is 0.509. The molecule has 6 nitrogen and oxygen atoms in total. The van der Waals surface area contributed by atoms with Crippen LogP contribution in [0.15, 0.2) is 32.7 Å². The summed E-state index contributed by atoms with van der Waals surface area (Å²) in [7, 11) is 0. The summed E-state index contributed by atoms with van der Waals surface area (Å²) in [5.41, 5.74) is -0.731. The highest BCUT2D eigenvalue weighted by atomic mass is 16.2. The van der Waals surface area contributed by atoms with E-state index in [1.54, 1.807) is 12.1 Å². The van der Waals surface area contributed by atoms with Crippen molar-refractivity contribution in [2.45, 2.75) is 38.6 Å². The van der Waals surface area contributed by atoms with Gasteiger partial charge in [0.1, 0.15) is 17.1 Å². The number of aromatic amines is 1. The highest BCUT2D eigenvalue weighted by molar-refractivity contribution is 5.79. The average molecular weight is 301 g/mol. The van der Waals surface area contributed by atoms with Crippen molar-refractivity contribution < 1.29 is 0 Å². The molecule has 0 aliphatic heterocycles. The molecule has 1 aliphatic carbocycles. The van der Waals surface area contributed by atoms with Gasteiger partial charge in [-0.05, 0) is 37.3 Å². The Balaban J connectivity index is 1.84. The van der Waals surface area contributed by atoms with Crippen molar-refractivity contribution in [2.75, 3.05) is 10.6 Å². The van der Waals surface area contributed by atoms with Crippen LogP contribution in [0.4, 0.5) is 17.1 Å². The third-order valence-corrected chi connectivity index (χ3v) is 4.03. The van der Waals surface area contributed by atoms with Crippen molar-refractivity contribution in [2.24, 2.45) is 5.92 Å². The normalized spacial score (nSPS) is 16.0. The fourth-order valence-corrected chi connectivity index (χ4v) is 2.86. The second kappa shape index (κ2) is 5.12. The molecule has 0 spiro atoms. The zero-order valence-electron chi connectivity index (χ0n) is 12.7. The van der Waals surface area contributed by atoms with E-state index in [1.807, 2.05) is 0 Å². The predicted molar refractivity (Wildman–Crippen MR) is 86.7 cm³/mol. The number of rotatable bonds is 6. The molecule has 2 aromatic rings. The van der Waals surface area contributed by atoms with Crippen molar-refractivity contribution in [1.82, 2.24) is 4.98 Å². The summed E-state index contributed by atoms with van der Waals surface area (Å²) in [6.07, 6.45) is 4.46. The molecule has 0 radical (unpaired) electrons. The van der Waals surface area contributed by atoms with Crippen LogP contribution >= 0.6 is 0 Å². The molecule has 6 heteroatoms. The van der Waals surface area contributed by atoms with Crippen LogP contribution in [0.3, 0.4) is 0 Å². The number of pyridine rings is 1. The standard InChI is InChI=1S/C16H19N3O3/c1-9(2)8-16(5-6-16)19-12-11(13(20)14(12)21)18-10-4-3-7-17-15(10)22/h3-4,7,9,18-19H,5-6,8H2,1-2H3,(H,17,22). The Kier molecular flexibility index (Phi) is 3.39. The Morgan fingerprint density at radius 2 is 1.86 bits per heavy atom. The molecule has 1 aliphatic rings. The van der Waals surface area contributed by atoms with E-state index >= 15 is 0 Å². The molecular formula is C16H19N3O3. The molecule has 1 aromatic carbocycles. The monoisotopic (exact) mass is 301 g/mol. The number of anilines is 3. The first-order chi connectivity index (χ1) is 10.4. The Bertz CT molecular complexity index is 824. The Hall–Kier alpha value is -2.37. The first-order valence-electron chi connectivity index (χ1n) is 7.48. The lowest BCUT2D eigenvalue weighted by molar-refractivity contribution is 0.508. The number of aromatic nitrogens is 1. The third kappa shape index (κ3) is 2.56. The number of hydrogen-bond donors (Lipinski definition) is 3. The predicted octanol–water partition coefficient (Wildman–Crippen LogP) is 1.71. The van der Waals surface area contributed by atoms with Gasteiger partial charge >= 0.3 is 0 Å². The highest BCUT2D eigenvalue weighted by Crippen LogP contribution is 2.44. The molecule has 1 aromatic heterocycles. The smallest absolute Gasteiger partial charge is 0.271 e. The minimum absolute atomic E-state index is 0.0735. The molecule has 1 saturated carbocycles. The van der Waals surface area contributed by atoms with Crippen LogP contribution in [0.2, 0.25) is 0 Å². The van der Waals surface area contributed by atoms with Gasteiger partial charge in [0.2, 0.25) is 0 Å². The molecule has 0 amide bonds. The van der Waals surface area contributed by atoms with E-state index in [2.05, 4.69) is 29.5 Å². The molecular weight excluding hydrogens is 282 g/mol. The van der Waals surface area contributed by atoms with Crippen LogP contribution in [0.1, 0.15) is 33.1 Å². The lowest BCUT2D eigenvalue weighted by Gasteiger charge is -2.23. The Morgan fingerprint density at radius 1 is 1.18 bits per heavy atom. The summed E-state index contributed by atoms with van der Waals surface area (Å²) >= 11 is 0. The molecule has 0 unspecified atom stereocenters. The number of hydrogen-bond acceptors (Lipinski definition) is 5. The first-order valence-corrected chi connectivity index (χ1v) is 7.48. The highest BCUT2D eigenvalue weighted by Gasteiger charge is 2.44. The van der Waals surface area contributed by atoms with Gasteiger partial charge in [0, 0.05) is 11.7 Å². The maximum atomic E-state index is 11.8. The molecule has 22 heavy (non-hydrogen) atoms. The van der Waals surface area contributed by atoms with E-state index in [4.69, 9.17) is 0 Å². The molecule has 0 saturated heterocycles. The largest absolute Gasteiger partial charge is 0.374 e. The van der Waals surface area contributed by atoms with Gasteiger partial charge in [-0.3, -0.25) is 14.4 Å². The van der Waals surface area contributed by atoms with E-state index in [1.165, 1.54) is 6.20 Å². The van der Waals surface area contributed by atoms with E-state index in [0.717, 1.165) is 19.3 Å². The second-order valence-electron chi connectivity index (χ2n) is 6.45. The molecule has 1 heterocycles. The van der Waals surface area contributed by atoms with E-state index < -0.39 is 10.9 Å². The lowest BCUT2D eigenvalue weighted by atomic mass is 10.0. The van der Waals surface area contributed by atoms with Crippen molar-refractivity contribution in [1.29, 1.82) is 0 Å². The average Bonchev–Trinajstić information content (AvgIpc) is 3.23. The summed E-state index contributed by atoms with van der Waals surface area (Å²) < 4.78 is 0.